The Labute approximate surface area is 183 Å². The number of Topliss-reactive ketones (excluding diaryl/α,β-unsaturated/α-hetero) is 1. The number of carbonyl (C=O) groups excluding carboxylic acids is 1. The van der Waals surface area contributed by atoms with Gasteiger partial charge in [-0.2, -0.15) is 4.31 Å². The first kappa shape index (κ1) is 21.7. The maximum absolute atomic E-state index is 13.0. The molecule has 0 amide bonds. The van der Waals surface area contributed by atoms with Crippen molar-refractivity contribution in [3.8, 4) is 0 Å². The summed E-state index contributed by atoms with van der Waals surface area (Å²) < 4.78 is 27.5. The number of para-hydroxylation sites is 1. The molecular formula is C24H29N3O3S. The number of aryl methyl sites for hydroxylation is 1. The second-order valence-corrected chi connectivity index (χ2v) is 10.4. The molecule has 164 valence electrons. The van der Waals surface area contributed by atoms with Crippen molar-refractivity contribution in [3.05, 3.63) is 65.4 Å². The number of carbonyl (C=O) groups is 1. The molecule has 0 unspecified atom stereocenters. The number of rotatable bonds is 6. The number of nitrogens with zero attached hydrogens (tertiary/aromatic N) is 2. The third kappa shape index (κ3) is 4.31. The van der Waals surface area contributed by atoms with Gasteiger partial charge in [0.1, 0.15) is 0 Å². The lowest BCUT2D eigenvalue weighted by molar-refractivity contribution is 0.0903. The molecule has 1 aliphatic heterocycles. The fourth-order valence-corrected chi connectivity index (χ4v) is 5.64. The Hall–Kier alpha value is -2.48. The smallest absolute Gasteiger partial charge is 0.243 e. The first-order valence-electron chi connectivity index (χ1n) is 10.7. The summed E-state index contributed by atoms with van der Waals surface area (Å²) in [5.74, 6) is 0.425. The Morgan fingerprint density at radius 2 is 1.65 bits per heavy atom. The standard InChI is InChI=1S/C24H29N3O3S/c1-17(2)19-8-10-20(11-9-19)31(29,30)27-14-12-26(13-15-27)16-23(28)24-18(3)25-22-7-5-4-6-21(22)24/h4-11,17,25H,12-16H2,1-3H3. The number of fused-ring (bicyclic) bond motifs is 1. The zero-order chi connectivity index (χ0) is 22.2. The Morgan fingerprint density at radius 1 is 1.00 bits per heavy atom. The van der Waals surface area contributed by atoms with E-state index < -0.39 is 10.0 Å². The van der Waals surface area contributed by atoms with Gasteiger partial charge in [-0.15, -0.1) is 0 Å². The fraction of sp³-hybridized carbons (Fsp3) is 0.375. The predicted molar refractivity (Wildman–Crippen MR) is 123 cm³/mol. The predicted octanol–water partition coefficient (Wildman–Crippen LogP) is 3.79. The molecule has 7 heteroatoms. The van der Waals surface area contributed by atoms with Gasteiger partial charge in [0.2, 0.25) is 10.0 Å². The number of nitrogens with one attached hydrogen (secondary N) is 1. The molecule has 1 aliphatic rings. The summed E-state index contributed by atoms with van der Waals surface area (Å²) in [4.78, 5) is 18.6. The third-order valence-electron chi connectivity index (χ3n) is 6.06. The van der Waals surface area contributed by atoms with E-state index in [1.807, 2.05) is 48.2 Å². The summed E-state index contributed by atoms with van der Waals surface area (Å²) in [7, 11) is -3.52. The molecule has 0 saturated carbocycles. The average Bonchev–Trinajstić information content (AvgIpc) is 3.10. The van der Waals surface area contributed by atoms with Gasteiger partial charge in [-0.05, 0) is 36.6 Å². The summed E-state index contributed by atoms with van der Waals surface area (Å²) in [5.41, 5.74) is 3.69. The van der Waals surface area contributed by atoms with Gasteiger partial charge in [-0.1, -0.05) is 44.2 Å². The molecular weight excluding hydrogens is 410 g/mol. The monoisotopic (exact) mass is 439 g/mol. The third-order valence-corrected chi connectivity index (χ3v) is 7.97. The number of H-pyrrole nitrogens is 1. The minimum atomic E-state index is -3.52. The van der Waals surface area contributed by atoms with E-state index in [0.717, 1.165) is 27.7 Å². The molecule has 31 heavy (non-hydrogen) atoms. The quantitative estimate of drug-likeness (QED) is 0.593. The van der Waals surface area contributed by atoms with Crippen molar-refractivity contribution in [2.24, 2.45) is 0 Å². The molecule has 1 N–H and O–H groups in total. The number of hydrogen-bond acceptors (Lipinski definition) is 4. The molecule has 0 radical (unpaired) electrons. The van der Waals surface area contributed by atoms with Crippen molar-refractivity contribution in [2.75, 3.05) is 32.7 Å². The van der Waals surface area contributed by atoms with Crippen LogP contribution in [0.15, 0.2) is 53.4 Å². The van der Waals surface area contributed by atoms with Gasteiger partial charge in [0.15, 0.2) is 5.78 Å². The van der Waals surface area contributed by atoms with E-state index in [2.05, 4.69) is 18.8 Å². The number of ketones is 1. The van der Waals surface area contributed by atoms with Gasteiger partial charge in [0, 0.05) is 48.3 Å². The van der Waals surface area contributed by atoms with Gasteiger partial charge in [-0.3, -0.25) is 9.69 Å². The van der Waals surface area contributed by atoms with Crippen LogP contribution in [0.3, 0.4) is 0 Å². The highest BCUT2D eigenvalue weighted by Gasteiger charge is 2.29. The number of aromatic nitrogens is 1. The zero-order valence-corrected chi connectivity index (χ0v) is 19.1. The van der Waals surface area contributed by atoms with Crippen LogP contribution in [-0.4, -0.2) is 61.1 Å². The summed E-state index contributed by atoms with van der Waals surface area (Å²) in [6.07, 6.45) is 0. The van der Waals surface area contributed by atoms with Crippen LogP contribution in [0.4, 0.5) is 0 Å². The lowest BCUT2D eigenvalue weighted by atomic mass is 10.0. The van der Waals surface area contributed by atoms with E-state index in [-0.39, 0.29) is 5.78 Å². The number of aromatic amines is 1. The molecule has 3 aromatic rings. The van der Waals surface area contributed by atoms with Crippen molar-refractivity contribution < 1.29 is 13.2 Å². The van der Waals surface area contributed by atoms with Gasteiger partial charge in [-0.25, -0.2) is 8.42 Å². The van der Waals surface area contributed by atoms with E-state index in [1.165, 1.54) is 4.31 Å². The lowest BCUT2D eigenvalue weighted by Crippen LogP contribution is -2.49. The average molecular weight is 440 g/mol. The minimum absolute atomic E-state index is 0.0653. The molecule has 1 fully saturated rings. The topological polar surface area (TPSA) is 73.5 Å². The van der Waals surface area contributed by atoms with Gasteiger partial charge >= 0.3 is 0 Å². The molecule has 0 bridgehead atoms. The Bertz CT molecular complexity index is 1190. The van der Waals surface area contributed by atoms with E-state index in [9.17, 15) is 13.2 Å². The highest BCUT2D eigenvalue weighted by atomic mass is 32.2. The molecule has 1 saturated heterocycles. The van der Waals surface area contributed by atoms with Gasteiger partial charge < -0.3 is 4.98 Å². The molecule has 2 aromatic carbocycles. The Balaban J connectivity index is 1.41. The highest BCUT2D eigenvalue weighted by Crippen LogP contribution is 2.24. The van der Waals surface area contributed by atoms with Crippen LogP contribution in [0.5, 0.6) is 0 Å². The molecule has 1 aromatic heterocycles. The van der Waals surface area contributed by atoms with Crippen molar-refractivity contribution in [2.45, 2.75) is 31.6 Å². The molecule has 6 nitrogen and oxygen atoms in total. The second-order valence-electron chi connectivity index (χ2n) is 8.50. The van der Waals surface area contributed by atoms with Crippen LogP contribution in [0.1, 0.15) is 41.4 Å². The maximum Gasteiger partial charge on any atom is 0.243 e. The van der Waals surface area contributed by atoms with Crippen molar-refractivity contribution in [1.29, 1.82) is 0 Å². The van der Waals surface area contributed by atoms with Crippen molar-refractivity contribution in [3.63, 3.8) is 0 Å². The highest BCUT2D eigenvalue weighted by molar-refractivity contribution is 7.89. The number of benzene rings is 2. The van der Waals surface area contributed by atoms with E-state index in [1.54, 1.807) is 12.1 Å². The van der Waals surface area contributed by atoms with Crippen LogP contribution in [0.2, 0.25) is 0 Å². The van der Waals surface area contributed by atoms with E-state index in [0.29, 0.717) is 43.5 Å². The first-order chi connectivity index (χ1) is 14.8. The summed E-state index contributed by atoms with van der Waals surface area (Å²) >= 11 is 0. The summed E-state index contributed by atoms with van der Waals surface area (Å²) in [5, 5.41) is 0.941. The van der Waals surface area contributed by atoms with Crippen LogP contribution >= 0.6 is 0 Å². The van der Waals surface area contributed by atoms with E-state index in [4.69, 9.17) is 0 Å². The Morgan fingerprint density at radius 3 is 2.29 bits per heavy atom. The zero-order valence-electron chi connectivity index (χ0n) is 18.3. The van der Waals surface area contributed by atoms with Crippen LogP contribution in [-0.2, 0) is 10.0 Å². The largest absolute Gasteiger partial charge is 0.358 e. The lowest BCUT2D eigenvalue weighted by Gasteiger charge is -2.33. The number of piperazine rings is 1. The minimum Gasteiger partial charge on any atom is -0.358 e. The van der Waals surface area contributed by atoms with Gasteiger partial charge in [0.25, 0.3) is 0 Å². The molecule has 2 heterocycles. The van der Waals surface area contributed by atoms with Crippen LogP contribution in [0.25, 0.3) is 10.9 Å². The molecule has 0 spiro atoms. The normalized spacial score (nSPS) is 16.3. The molecule has 0 aliphatic carbocycles. The van der Waals surface area contributed by atoms with E-state index >= 15 is 0 Å². The maximum atomic E-state index is 13.0. The first-order valence-corrected chi connectivity index (χ1v) is 12.1. The van der Waals surface area contributed by atoms with Crippen LogP contribution in [0, 0.1) is 6.92 Å². The fourth-order valence-electron chi connectivity index (χ4n) is 4.22. The Kier molecular flexibility index (Phi) is 6.01. The van der Waals surface area contributed by atoms with Crippen molar-refractivity contribution >= 4 is 26.7 Å². The van der Waals surface area contributed by atoms with Crippen LogP contribution < -0.4 is 0 Å². The number of sulfonamides is 1. The summed E-state index contributed by atoms with van der Waals surface area (Å²) in [6.45, 7) is 8.22. The van der Waals surface area contributed by atoms with Crippen molar-refractivity contribution in [1.82, 2.24) is 14.2 Å². The SMILES string of the molecule is Cc1[nH]c2ccccc2c1C(=O)CN1CCN(S(=O)(=O)c2ccc(C(C)C)cc2)CC1. The molecule has 0 atom stereocenters. The molecule has 4 rings (SSSR count). The summed E-state index contributed by atoms with van der Waals surface area (Å²) in [6, 6.07) is 15.0. The van der Waals surface area contributed by atoms with Gasteiger partial charge in [0.05, 0.1) is 11.4 Å². The number of hydrogen-bond donors (Lipinski definition) is 1. The second kappa shape index (κ2) is 8.57.